The molecule has 0 aliphatic carbocycles. The first kappa shape index (κ1) is 14.8. The van der Waals surface area contributed by atoms with Gasteiger partial charge in [-0.2, -0.15) is 17.2 Å². The third-order valence-corrected chi connectivity index (χ3v) is 3.06. The van der Waals surface area contributed by atoms with Crippen LogP contribution in [-0.2, 0) is 29.2 Å². The summed E-state index contributed by atoms with van der Waals surface area (Å²) < 4.78 is 62.8. The number of alkyl halides is 2. The van der Waals surface area contributed by atoms with E-state index < -0.39 is 39.8 Å². The van der Waals surface area contributed by atoms with E-state index in [4.69, 9.17) is 4.55 Å². The van der Waals surface area contributed by atoms with Crippen LogP contribution in [-0.4, -0.2) is 43.4 Å². The highest BCUT2D eigenvalue weighted by atomic mass is 32.2. The molecule has 7 nitrogen and oxygen atoms in total. The lowest BCUT2D eigenvalue weighted by Crippen LogP contribution is -2.40. The van der Waals surface area contributed by atoms with Crippen molar-refractivity contribution >= 4 is 22.1 Å². The van der Waals surface area contributed by atoms with Crippen molar-refractivity contribution in [3.63, 3.8) is 0 Å². The normalized spacial score (nSPS) is 21.3. The zero-order chi connectivity index (χ0) is 14.0. The van der Waals surface area contributed by atoms with Gasteiger partial charge in [0.1, 0.15) is 0 Å². The summed E-state index contributed by atoms with van der Waals surface area (Å²) in [6, 6.07) is 0. The topological polar surface area (TPSA) is 107 Å². The van der Waals surface area contributed by atoms with Crippen molar-refractivity contribution in [1.29, 1.82) is 0 Å². The van der Waals surface area contributed by atoms with Crippen molar-refractivity contribution in [2.75, 3.05) is 13.2 Å². The van der Waals surface area contributed by atoms with Crippen LogP contribution in [0.1, 0.15) is 12.8 Å². The quantitative estimate of drug-likeness (QED) is 0.571. The molecule has 0 aromatic rings. The minimum Gasteiger partial charge on any atom is -0.465 e. The average Bonchev–Trinajstić information content (AvgIpc) is 2.26. The first-order valence-corrected chi connectivity index (χ1v) is 6.26. The van der Waals surface area contributed by atoms with Crippen molar-refractivity contribution in [1.82, 2.24) is 0 Å². The van der Waals surface area contributed by atoms with Crippen LogP contribution < -0.4 is 0 Å². The molecule has 0 saturated carbocycles. The van der Waals surface area contributed by atoms with Crippen molar-refractivity contribution in [3.8, 4) is 0 Å². The van der Waals surface area contributed by atoms with E-state index in [0.29, 0.717) is 0 Å². The van der Waals surface area contributed by atoms with Gasteiger partial charge in [-0.15, -0.1) is 0 Å². The number of carbonyl (C=O) groups is 2. The fraction of sp³-hybridized carbons (Fsp3) is 0.750. The summed E-state index contributed by atoms with van der Waals surface area (Å²) in [6.45, 7) is -0.610. The average molecular weight is 288 g/mol. The van der Waals surface area contributed by atoms with E-state index in [9.17, 15) is 26.8 Å². The third-order valence-electron chi connectivity index (χ3n) is 2.25. The van der Waals surface area contributed by atoms with E-state index >= 15 is 0 Å². The van der Waals surface area contributed by atoms with Gasteiger partial charge in [-0.05, 0) is 6.42 Å². The molecule has 10 heteroatoms. The number of cyclic esters (lactones) is 1. The highest BCUT2D eigenvalue weighted by Crippen LogP contribution is 2.23. The molecule has 0 radical (unpaired) electrons. The van der Waals surface area contributed by atoms with Crippen molar-refractivity contribution < 1.29 is 40.8 Å². The van der Waals surface area contributed by atoms with E-state index in [2.05, 4.69) is 9.47 Å². The maximum absolute atomic E-state index is 12.7. The first-order chi connectivity index (χ1) is 8.14. The van der Waals surface area contributed by atoms with Crippen LogP contribution in [0, 0.1) is 5.92 Å². The summed E-state index contributed by atoms with van der Waals surface area (Å²) in [5.41, 5.74) is 0. The first-order valence-electron chi connectivity index (χ1n) is 4.82. The smallest absolute Gasteiger partial charge is 0.465 e. The predicted molar refractivity (Wildman–Crippen MR) is 51.1 cm³/mol. The van der Waals surface area contributed by atoms with E-state index in [0.717, 1.165) is 0 Å². The van der Waals surface area contributed by atoms with Gasteiger partial charge in [-0.25, -0.2) is 4.79 Å². The molecule has 1 aliphatic rings. The van der Waals surface area contributed by atoms with Gasteiger partial charge >= 0.3 is 27.3 Å². The van der Waals surface area contributed by atoms with Gasteiger partial charge in [-0.3, -0.25) is 9.35 Å². The molecule has 1 aliphatic heterocycles. The second kappa shape index (κ2) is 5.14. The second-order valence-electron chi connectivity index (χ2n) is 3.68. The van der Waals surface area contributed by atoms with E-state index in [1.807, 2.05) is 0 Å². The Labute approximate surface area is 101 Å². The molecule has 1 rings (SSSR count). The molecule has 0 amide bonds. The zero-order valence-electron chi connectivity index (χ0n) is 8.97. The Bertz CT molecular complexity index is 434. The molecule has 18 heavy (non-hydrogen) atoms. The van der Waals surface area contributed by atoms with Crippen LogP contribution in [0.5, 0.6) is 0 Å². The maximum Gasteiger partial charge on any atom is 0.465 e. The van der Waals surface area contributed by atoms with Gasteiger partial charge in [0.25, 0.3) is 0 Å². The standard InChI is InChI=1S/C8H10F2O7S/c9-8(10,18(13,14)15)7(12)17-4-5-1-2-6(11)16-3-5/h5H,1-4H2,(H,13,14,15). The summed E-state index contributed by atoms with van der Waals surface area (Å²) in [4.78, 5) is 21.5. The highest BCUT2D eigenvalue weighted by molar-refractivity contribution is 7.87. The van der Waals surface area contributed by atoms with Gasteiger partial charge in [0.15, 0.2) is 0 Å². The van der Waals surface area contributed by atoms with Crippen LogP contribution in [0.25, 0.3) is 0 Å². The van der Waals surface area contributed by atoms with E-state index in [-0.39, 0.29) is 19.4 Å². The van der Waals surface area contributed by atoms with Gasteiger partial charge in [0.05, 0.1) is 13.2 Å². The van der Waals surface area contributed by atoms with E-state index in [1.165, 1.54) is 0 Å². The number of esters is 2. The van der Waals surface area contributed by atoms with Crippen molar-refractivity contribution in [2.24, 2.45) is 5.92 Å². The molecule has 0 spiro atoms. The van der Waals surface area contributed by atoms with Crippen LogP contribution >= 0.6 is 0 Å². The summed E-state index contributed by atoms with van der Waals surface area (Å²) in [7, 11) is -5.86. The van der Waals surface area contributed by atoms with Crippen LogP contribution in [0.3, 0.4) is 0 Å². The summed E-state index contributed by atoms with van der Waals surface area (Å²) >= 11 is 0. The van der Waals surface area contributed by atoms with Crippen LogP contribution in [0.2, 0.25) is 0 Å². The summed E-state index contributed by atoms with van der Waals surface area (Å²) in [5, 5.41) is -5.00. The number of rotatable bonds is 4. The second-order valence-corrected chi connectivity index (χ2v) is 5.14. The molecule has 1 atom stereocenters. The molecule has 104 valence electrons. The van der Waals surface area contributed by atoms with Crippen LogP contribution in [0.15, 0.2) is 0 Å². The Kier molecular flexibility index (Phi) is 4.22. The molecule has 1 fully saturated rings. The molecule has 0 bridgehead atoms. The highest BCUT2D eigenvalue weighted by Gasteiger charge is 2.54. The molecule has 0 aromatic carbocycles. The minimum atomic E-state index is -5.86. The minimum absolute atomic E-state index is 0.0664. The predicted octanol–water partition coefficient (Wildman–Crippen LogP) is -0.0366. The zero-order valence-corrected chi connectivity index (χ0v) is 9.78. The molecule has 1 N–H and O–H groups in total. The van der Waals surface area contributed by atoms with Gasteiger partial charge < -0.3 is 9.47 Å². The number of hydrogen-bond acceptors (Lipinski definition) is 6. The monoisotopic (exact) mass is 288 g/mol. The van der Waals surface area contributed by atoms with Gasteiger partial charge in [0, 0.05) is 12.3 Å². The fourth-order valence-electron chi connectivity index (χ4n) is 1.20. The van der Waals surface area contributed by atoms with Crippen LogP contribution in [0.4, 0.5) is 8.78 Å². The van der Waals surface area contributed by atoms with E-state index in [1.54, 1.807) is 0 Å². The Morgan fingerprint density at radius 3 is 2.61 bits per heavy atom. The SMILES string of the molecule is O=C1CCC(COC(=O)C(F)(F)S(=O)(=O)O)CO1. The lowest BCUT2D eigenvalue weighted by atomic mass is 10.0. The Hall–Kier alpha value is -1.29. The maximum atomic E-state index is 12.7. The summed E-state index contributed by atoms with van der Waals surface area (Å²) in [6.07, 6.45) is 0.348. The number of hydrogen-bond donors (Lipinski definition) is 1. The van der Waals surface area contributed by atoms with Crippen molar-refractivity contribution in [2.45, 2.75) is 18.1 Å². The molecule has 1 heterocycles. The third kappa shape index (κ3) is 3.35. The number of carbonyl (C=O) groups excluding carboxylic acids is 2. The number of ether oxygens (including phenoxy) is 2. The number of halogens is 2. The Balaban J connectivity index is 2.49. The summed E-state index contributed by atoms with van der Waals surface area (Å²) in [5.74, 6) is -3.27. The van der Waals surface area contributed by atoms with Gasteiger partial charge in [-0.1, -0.05) is 0 Å². The van der Waals surface area contributed by atoms with Crippen molar-refractivity contribution in [3.05, 3.63) is 0 Å². The molecular weight excluding hydrogens is 278 g/mol. The molecule has 1 unspecified atom stereocenters. The molecular formula is C8H10F2O7S. The lowest BCUT2D eigenvalue weighted by Gasteiger charge is -2.21. The lowest BCUT2D eigenvalue weighted by molar-refractivity contribution is -0.165. The molecule has 0 aromatic heterocycles. The Morgan fingerprint density at radius 1 is 1.56 bits per heavy atom. The Morgan fingerprint density at radius 2 is 2.17 bits per heavy atom. The largest absolute Gasteiger partial charge is 0.465 e. The fourth-order valence-corrected chi connectivity index (χ4v) is 1.47. The van der Waals surface area contributed by atoms with Gasteiger partial charge in [0.2, 0.25) is 0 Å². The molecule has 1 saturated heterocycles.